The van der Waals surface area contributed by atoms with Gasteiger partial charge in [0, 0.05) is 29.4 Å². The minimum atomic E-state index is -0.753. The molecular formula is C27H31FN4O5. The minimum Gasteiger partial charge on any atom is -0.494 e. The summed E-state index contributed by atoms with van der Waals surface area (Å²) >= 11 is 0. The van der Waals surface area contributed by atoms with Crippen molar-refractivity contribution in [2.45, 2.75) is 57.5 Å². The molecule has 37 heavy (non-hydrogen) atoms. The number of amides is 1. The molecule has 2 N–H and O–H groups in total. The molecule has 1 aromatic heterocycles. The lowest BCUT2D eigenvalue weighted by atomic mass is 9.86. The van der Waals surface area contributed by atoms with Crippen LogP contribution in [0.25, 0.3) is 11.0 Å². The minimum absolute atomic E-state index is 0.00458. The van der Waals surface area contributed by atoms with Crippen molar-refractivity contribution in [3.63, 3.8) is 0 Å². The summed E-state index contributed by atoms with van der Waals surface area (Å²) < 4.78 is 26.4. The zero-order valence-corrected chi connectivity index (χ0v) is 21.2. The van der Waals surface area contributed by atoms with E-state index in [1.807, 2.05) is 19.1 Å². The van der Waals surface area contributed by atoms with E-state index in [2.05, 4.69) is 9.88 Å². The molecule has 0 unspecified atom stereocenters. The number of nitrogens with zero attached hydrogens (tertiary/aromatic N) is 3. The Kier molecular flexibility index (Phi) is 6.66. The van der Waals surface area contributed by atoms with Gasteiger partial charge in [-0.2, -0.15) is 0 Å². The first-order valence-electron chi connectivity index (χ1n) is 12.6. The molecule has 2 aromatic carbocycles. The van der Waals surface area contributed by atoms with Crippen LogP contribution < -0.4 is 15.0 Å². The third-order valence-corrected chi connectivity index (χ3v) is 7.64. The van der Waals surface area contributed by atoms with E-state index in [4.69, 9.17) is 14.5 Å². The number of carbonyl (C=O) groups excluding carboxylic acids is 1. The summed E-state index contributed by atoms with van der Waals surface area (Å²) in [5.74, 6) is -0.850. The number of nitrogens with one attached hydrogen (secondary N) is 1. The summed E-state index contributed by atoms with van der Waals surface area (Å²) in [4.78, 5) is 30.8. The van der Waals surface area contributed by atoms with Gasteiger partial charge in [0.15, 0.2) is 11.6 Å². The summed E-state index contributed by atoms with van der Waals surface area (Å²) in [5.41, 5.74) is 4.07. The maximum Gasteiger partial charge on any atom is 0.414 e. The standard InChI is InChI=1S/C27H31FN4O5/c1-15-4-10-19-21(31(15)27(35)37-3)12-13-22-24(19)30-26(29-17-7-11-20(28)23(14-17)36-2)32(22)18-8-5-16(6-9-18)25(33)34/h7,11-16,18H,4-6,8-10H2,1-3H3,(H,29,30)(H,33,34)/t15-,16-,18-/m0/s1. The third-order valence-electron chi connectivity index (χ3n) is 7.64. The predicted molar refractivity (Wildman–Crippen MR) is 137 cm³/mol. The highest BCUT2D eigenvalue weighted by Crippen LogP contribution is 2.42. The molecule has 1 aliphatic carbocycles. The number of rotatable bonds is 5. The summed E-state index contributed by atoms with van der Waals surface area (Å²) in [5, 5.41) is 12.8. The van der Waals surface area contributed by atoms with E-state index in [0.29, 0.717) is 37.3 Å². The SMILES string of the molecule is COC(=O)N1c2ccc3c(nc(Nc4ccc(F)c(OC)c4)n3[C@H]3CC[C@H](C(=O)O)CC3)c2CC[C@@H]1C. The average molecular weight is 511 g/mol. The Balaban J connectivity index is 1.62. The van der Waals surface area contributed by atoms with Gasteiger partial charge in [0.1, 0.15) is 0 Å². The first-order valence-corrected chi connectivity index (χ1v) is 12.6. The summed E-state index contributed by atoms with van der Waals surface area (Å²) in [6.45, 7) is 2.00. The number of aromatic nitrogens is 2. The number of imidazole rings is 1. The monoisotopic (exact) mass is 510 g/mol. The Morgan fingerprint density at radius 2 is 1.86 bits per heavy atom. The van der Waals surface area contributed by atoms with Crippen LogP contribution in [-0.4, -0.2) is 47.0 Å². The van der Waals surface area contributed by atoms with Crippen molar-refractivity contribution < 1.29 is 28.6 Å². The van der Waals surface area contributed by atoms with Crippen LogP contribution in [0, 0.1) is 11.7 Å². The second-order valence-electron chi connectivity index (χ2n) is 9.78. The van der Waals surface area contributed by atoms with Crippen LogP contribution in [0.5, 0.6) is 5.75 Å². The molecule has 3 aromatic rings. The van der Waals surface area contributed by atoms with Crippen molar-refractivity contribution in [3.8, 4) is 5.75 Å². The van der Waals surface area contributed by atoms with Crippen molar-refractivity contribution in [3.05, 3.63) is 41.7 Å². The molecule has 5 rings (SSSR count). The fourth-order valence-corrected chi connectivity index (χ4v) is 5.68. The zero-order chi connectivity index (χ0) is 26.3. The van der Waals surface area contributed by atoms with Crippen molar-refractivity contribution in [2.24, 2.45) is 5.92 Å². The third kappa shape index (κ3) is 4.45. The number of carbonyl (C=O) groups is 2. The van der Waals surface area contributed by atoms with Crippen LogP contribution in [-0.2, 0) is 16.0 Å². The molecule has 10 heteroatoms. The Hall–Kier alpha value is -3.82. The van der Waals surface area contributed by atoms with E-state index in [-0.39, 0.29) is 23.8 Å². The molecular weight excluding hydrogens is 479 g/mol. The summed E-state index contributed by atoms with van der Waals surface area (Å²) in [7, 11) is 2.79. The fourth-order valence-electron chi connectivity index (χ4n) is 5.68. The second-order valence-corrected chi connectivity index (χ2v) is 9.78. The van der Waals surface area contributed by atoms with Gasteiger partial charge in [-0.3, -0.25) is 9.69 Å². The van der Waals surface area contributed by atoms with Crippen LogP contribution in [0.4, 0.5) is 26.5 Å². The first-order chi connectivity index (χ1) is 17.8. The number of hydrogen-bond acceptors (Lipinski definition) is 6. The van der Waals surface area contributed by atoms with Gasteiger partial charge < -0.3 is 24.5 Å². The van der Waals surface area contributed by atoms with Crippen molar-refractivity contribution in [2.75, 3.05) is 24.4 Å². The van der Waals surface area contributed by atoms with Gasteiger partial charge in [-0.25, -0.2) is 14.2 Å². The van der Waals surface area contributed by atoms with E-state index in [9.17, 15) is 19.1 Å². The molecule has 196 valence electrons. The van der Waals surface area contributed by atoms with E-state index in [1.54, 1.807) is 17.0 Å². The van der Waals surface area contributed by atoms with Gasteiger partial charge in [-0.15, -0.1) is 0 Å². The molecule has 1 aliphatic heterocycles. The number of hydrogen-bond donors (Lipinski definition) is 2. The number of ether oxygens (including phenoxy) is 2. The molecule has 2 heterocycles. The van der Waals surface area contributed by atoms with Gasteiger partial charge in [0.2, 0.25) is 5.95 Å². The van der Waals surface area contributed by atoms with Gasteiger partial charge in [-0.05, 0) is 69.7 Å². The lowest BCUT2D eigenvalue weighted by Crippen LogP contribution is -2.42. The Morgan fingerprint density at radius 1 is 1.11 bits per heavy atom. The number of aryl methyl sites for hydroxylation is 1. The average Bonchev–Trinajstić information content (AvgIpc) is 3.27. The summed E-state index contributed by atoms with van der Waals surface area (Å²) in [6.07, 6.45) is 3.70. The zero-order valence-electron chi connectivity index (χ0n) is 21.2. The normalized spacial score (nSPS) is 21.4. The van der Waals surface area contributed by atoms with Crippen LogP contribution in [0.1, 0.15) is 50.6 Å². The molecule has 1 fully saturated rings. The van der Waals surface area contributed by atoms with Crippen LogP contribution >= 0.6 is 0 Å². The number of carboxylic acid groups (broad SMARTS) is 1. The number of carboxylic acids is 1. The molecule has 0 saturated heterocycles. The number of fused-ring (bicyclic) bond motifs is 3. The van der Waals surface area contributed by atoms with Gasteiger partial charge in [0.25, 0.3) is 0 Å². The number of halogens is 1. The smallest absolute Gasteiger partial charge is 0.414 e. The quantitative estimate of drug-likeness (QED) is 0.457. The number of aliphatic carboxylic acids is 1. The van der Waals surface area contributed by atoms with E-state index < -0.39 is 17.9 Å². The van der Waals surface area contributed by atoms with E-state index in [0.717, 1.165) is 35.1 Å². The van der Waals surface area contributed by atoms with Crippen molar-refractivity contribution >= 4 is 40.4 Å². The first kappa shape index (κ1) is 24.9. The highest BCUT2D eigenvalue weighted by atomic mass is 19.1. The maximum atomic E-state index is 14.0. The Bertz CT molecular complexity index is 1350. The highest BCUT2D eigenvalue weighted by molar-refractivity contribution is 5.96. The molecule has 0 radical (unpaired) electrons. The number of anilines is 3. The lowest BCUT2D eigenvalue weighted by molar-refractivity contribution is -0.143. The second kappa shape index (κ2) is 9.91. The topological polar surface area (TPSA) is 106 Å². The van der Waals surface area contributed by atoms with E-state index >= 15 is 0 Å². The maximum absolute atomic E-state index is 14.0. The molecule has 0 bridgehead atoms. The van der Waals surface area contributed by atoms with Crippen molar-refractivity contribution in [1.29, 1.82) is 0 Å². The molecule has 9 nitrogen and oxygen atoms in total. The predicted octanol–water partition coefficient (Wildman–Crippen LogP) is 5.65. The summed E-state index contributed by atoms with van der Waals surface area (Å²) in [6, 6.07) is 8.49. The molecule has 1 amide bonds. The lowest BCUT2D eigenvalue weighted by Gasteiger charge is -2.34. The van der Waals surface area contributed by atoms with Gasteiger partial charge >= 0.3 is 12.1 Å². The number of benzene rings is 2. The molecule has 1 atom stereocenters. The fraction of sp³-hybridized carbons (Fsp3) is 0.444. The van der Waals surface area contributed by atoms with Crippen LogP contribution in [0.2, 0.25) is 0 Å². The number of methoxy groups -OCH3 is 2. The molecule has 2 aliphatic rings. The van der Waals surface area contributed by atoms with Crippen LogP contribution in [0.3, 0.4) is 0 Å². The van der Waals surface area contributed by atoms with Crippen molar-refractivity contribution in [1.82, 2.24) is 9.55 Å². The largest absolute Gasteiger partial charge is 0.494 e. The van der Waals surface area contributed by atoms with E-state index in [1.165, 1.54) is 20.3 Å². The van der Waals surface area contributed by atoms with Crippen LogP contribution in [0.15, 0.2) is 30.3 Å². The molecule has 0 spiro atoms. The molecule has 1 saturated carbocycles. The van der Waals surface area contributed by atoms with Gasteiger partial charge in [0.05, 0.1) is 36.9 Å². The Morgan fingerprint density at radius 3 is 2.54 bits per heavy atom. The van der Waals surface area contributed by atoms with Gasteiger partial charge in [-0.1, -0.05) is 0 Å². The Labute approximate surface area is 214 Å². The highest BCUT2D eigenvalue weighted by Gasteiger charge is 2.33.